The van der Waals surface area contributed by atoms with Crippen molar-refractivity contribution in [2.45, 2.75) is 41.0 Å². The van der Waals surface area contributed by atoms with Gasteiger partial charge in [0.25, 0.3) is 0 Å². The molecule has 1 N–H and O–H groups in total. The molecule has 0 saturated carbocycles. The maximum absolute atomic E-state index is 10.5. The smallest absolute Gasteiger partial charge is 0.306 e. The molecule has 0 heterocycles. The molecule has 0 bridgehead atoms. The molecule has 1 atom stereocenters. The van der Waals surface area contributed by atoms with E-state index in [0.29, 0.717) is 5.92 Å². The summed E-state index contributed by atoms with van der Waals surface area (Å²) in [5.41, 5.74) is 0. The molecule has 0 spiro atoms. The van der Waals surface area contributed by atoms with Gasteiger partial charge >= 0.3 is 5.97 Å². The number of carbonyl (C=O) groups is 1. The minimum Gasteiger partial charge on any atom is -0.481 e. The second-order valence-electron chi connectivity index (χ2n) is 2.70. The molecule has 0 fully saturated rings. The lowest BCUT2D eigenvalue weighted by Gasteiger charge is -2.16. The monoisotopic (exact) mass is 160 g/mol. The molecule has 68 valence electrons. The Kier molecular flexibility index (Phi) is 7.37. The van der Waals surface area contributed by atoms with Gasteiger partial charge in [-0.3, -0.25) is 4.79 Å². The zero-order valence-electron chi connectivity index (χ0n) is 6.92. The Labute approximate surface area is 69.6 Å². The minimum atomic E-state index is -0.672. The summed E-state index contributed by atoms with van der Waals surface area (Å²) in [6.45, 7) is 5.85. The average molecular weight is 160 g/mol. The number of carboxylic acids is 1. The summed E-state index contributed by atoms with van der Waals surface area (Å²) in [6, 6.07) is 0. The fourth-order valence-electron chi connectivity index (χ4n) is 1.20. The lowest BCUT2D eigenvalue weighted by atomic mass is 9.90. The van der Waals surface area contributed by atoms with E-state index in [1.165, 1.54) is 0 Å². The van der Waals surface area contributed by atoms with Gasteiger partial charge < -0.3 is 5.11 Å². The molecule has 0 saturated heterocycles. The first-order valence-corrected chi connectivity index (χ1v) is 3.86. The van der Waals surface area contributed by atoms with Crippen molar-refractivity contribution in [1.82, 2.24) is 0 Å². The molecule has 2 nitrogen and oxygen atoms in total. The van der Waals surface area contributed by atoms with Crippen LogP contribution >= 0.6 is 0 Å². The molecule has 0 aromatic rings. The topological polar surface area (TPSA) is 37.3 Å². The SMILES string of the molecule is C.CCC(CC)C(C)C(=O)O. The lowest BCUT2D eigenvalue weighted by molar-refractivity contribution is -0.143. The first-order valence-electron chi connectivity index (χ1n) is 3.86. The van der Waals surface area contributed by atoms with E-state index in [2.05, 4.69) is 0 Å². The van der Waals surface area contributed by atoms with E-state index < -0.39 is 5.97 Å². The van der Waals surface area contributed by atoms with Gasteiger partial charge in [-0.25, -0.2) is 0 Å². The molecular formula is C9H20O2. The van der Waals surface area contributed by atoms with Gasteiger partial charge in [0.1, 0.15) is 0 Å². The van der Waals surface area contributed by atoms with Crippen molar-refractivity contribution in [3.8, 4) is 0 Å². The summed E-state index contributed by atoms with van der Waals surface area (Å²) in [6.07, 6.45) is 1.92. The third kappa shape index (κ3) is 4.02. The highest BCUT2D eigenvalue weighted by Gasteiger charge is 2.19. The van der Waals surface area contributed by atoms with Crippen LogP contribution in [-0.2, 0) is 4.79 Å². The van der Waals surface area contributed by atoms with Crippen molar-refractivity contribution in [3.63, 3.8) is 0 Å². The molecule has 0 amide bonds. The zero-order valence-corrected chi connectivity index (χ0v) is 6.92. The summed E-state index contributed by atoms with van der Waals surface area (Å²) in [4.78, 5) is 10.5. The molecule has 0 aliphatic heterocycles. The maximum Gasteiger partial charge on any atom is 0.306 e. The number of carboxylic acid groups (broad SMARTS) is 1. The van der Waals surface area contributed by atoms with Crippen LogP contribution in [0.5, 0.6) is 0 Å². The van der Waals surface area contributed by atoms with Gasteiger partial charge in [-0.2, -0.15) is 0 Å². The summed E-state index contributed by atoms with van der Waals surface area (Å²) < 4.78 is 0. The second kappa shape index (κ2) is 6.20. The average Bonchev–Trinajstić information content (AvgIpc) is 1.90. The molecule has 0 rings (SSSR count). The summed E-state index contributed by atoms with van der Waals surface area (Å²) >= 11 is 0. The van der Waals surface area contributed by atoms with E-state index in [1.54, 1.807) is 6.92 Å². The van der Waals surface area contributed by atoms with Gasteiger partial charge in [-0.15, -0.1) is 0 Å². The Morgan fingerprint density at radius 3 is 1.82 bits per heavy atom. The second-order valence-corrected chi connectivity index (χ2v) is 2.70. The molecule has 0 aliphatic rings. The summed E-state index contributed by atoms with van der Waals surface area (Å²) in [5, 5.41) is 8.61. The van der Waals surface area contributed by atoms with Gasteiger partial charge in [-0.1, -0.05) is 41.0 Å². The van der Waals surface area contributed by atoms with Crippen LogP contribution in [0.2, 0.25) is 0 Å². The fraction of sp³-hybridized carbons (Fsp3) is 0.889. The van der Waals surface area contributed by atoms with E-state index in [4.69, 9.17) is 5.11 Å². The van der Waals surface area contributed by atoms with Crippen LogP contribution < -0.4 is 0 Å². The van der Waals surface area contributed by atoms with E-state index in [0.717, 1.165) is 12.8 Å². The Balaban J connectivity index is 0. The third-order valence-corrected chi connectivity index (χ3v) is 2.15. The molecule has 0 radical (unpaired) electrons. The summed E-state index contributed by atoms with van der Waals surface area (Å²) in [5.74, 6) is -0.513. The van der Waals surface area contributed by atoms with Crippen molar-refractivity contribution in [3.05, 3.63) is 0 Å². The van der Waals surface area contributed by atoms with Gasteiger partial charge in [0, 0.05) is 0 Å². The van der Waals surface area contributed by atoms with E-state index in [-0.39, 0.29) is 13.3 Å². The molecule has 11 heavy (non-hydrogen) atoms. The van der Waals surface area contributed by atoms with Crippen LogP contribution in [0, 0.1) is 11.8 Å². The van der Waals surface area contributed by atoms with Crippen LogP contribution in [-0.4, -0.2) is 11.1 Å². The van der Waals surface area contributed by atoms with Crippen molar-refractivity contribution in [1.29, 1.82) is 0 Å². The largest absolute Gasteiger partial charge is 0.481 e. The van der Waals surface area contributed by atoms with Crippen LogP contribution in [0.3, 0.4) is 0 Å². The molecule has 0 aromatic carbocycles. The number of hydrogen-bond acceptors (Lipinski definition) is 1. The normalized spacial score (nSPS) is 12.4. The zero-order chi connectivity index (χ0) is 8.15. The summed E-state index contributed by atoms with van der Waals surface area (Å²) in [7, 11) is 0. The third-order valence-electron chi connectivity index (χ3n) is 2.15. The van der Waals surface area contributed by atoms with Gasteiger partial charge in [0.2, 0.25) is 0 Å². The van der Waals surface area contributed by atoms with Crippen LogP contribution in [0.25, 0.3) is 0 Å². The fourth-order valence-corrected chi connectivity index (χ4v) is 1.20. The maximum atomic E-state index is 10.5. The van der Waals surface area contributed by atoms with Crippen LogP contribution in [0.15, 0.2) is 0 Å². The van der Waals surface area contributed by atoms with Crippen LogP contribution in [0.4, 0.5) is 0 Å². The number of aliphatic carboxylic acids is 1. The minimum absolute atomic E-state index is 0. The highest BCUT2D eigenvalue weighted by atomic mass is 16.4. The van der Waals surface area contributed by atoms with Gasteiger partial charge in [0.15, 0.2) is 0 Å². The van der Waals surface area contributed by atoms with E-state index >= 15 is 0 Å². The van der Waals surface area contributed by atoms with E-state index in [1.807, 2.05) is 13.8 Å². The van der Waals surface area contributed by atoms with Crippen molar-refractivity contribution < 1.29 is 9.90 Å². The molecule has 0 aromatic heterocycles. The Bertz CT molecular complexity index is 106. The lowest BCUT2D eigenvalue weighted by Crippen LogP contribution is -2.19. The molecule has 1 unspecified atom stereocenters. The van der Waals surface area contributed by atoms with Crippen LogP contribution in [0.1, 0.15) is 41.0 Å². The van der Waals surface area contributed by atoms with Gasteiger partial charge in [-0.05, 0) is 5.92 Å². The highest BCUT2D eigenvalue weighted by Crippen LogP contribution is 2.18. The first-order chi connectivity index (χ1) is 4.63. The van der Waals surface area contributed by atoms with Crippen molar-refractivity contribution >= 4 is 5.97 Å². The van der Waals surface area contributed by atoms with Gasteiger partial charge in [0.05, 0.1) is 5.92 Å². The molecular weight excluding hydrogens is 140 g/mol. The molecule has 2 heteroatoms. The van der Waals surface area contributed by atoms with Crippen molar-refractivity contribution in [2.24, 2.45) is 11.8 Å². The first kappa shape index (κ1) is 13.1. The molecule has 0 aliphatic carbocycles. The Morgan fingerprint density at radius 2 is 1.73 bits per heavy atom. The Hall–Kier alpha value is -0.530. The van der Waals surface area contributed by atoms with E-state index in [9.17, 15) is 4.79 Å². The standard InChI is InChI=1S/C8H16O2.CH4/c1-4-7(5-2)6(3)8(9)10;/h6-7H,4-5H2,1-3H3,(H,9,10);1H4. The number of hydrogen-bond donors (Lipinski definition) is 1. The number of rotatable bonds is 4. The predicted octanol–water partition coefficient (Wildman–Crippen LogP) is 2.78. The Morgan fingerprint density at radius 1 is 1.36 bits per heavy atom. The van der Waals surface area contributed by atoms with Crippen molar-refractivity contribution in [2.75, 3.05) is 0 Å². The predicted molar refractivity (Wildman–Crippen MR) is 47.6 cm³/mol. The highest BCUT2D eigenvalue weighted by molar-refractivity contribution is 5.69. The quantitative estimate of drug-likeness (QED) is 0.686.